The number of halogens is 1. The van der Waals surface area contributed by atoms with Gasteiger partial charge in [-0.15, -0.1) is 0 Å². The number of rotatable bonds is 6. The van der Waals surface area contributed by atoms with Gasteiger partial charge in [0.15, 0.2) is 0 Å². The molecule has 0 aliphatic rings. The Morgan fingerprint density at radius 3 is 2.48 bits per heavy atom. The van der Waals surface area contributed by atoms with E-state index >= 15 is 0 Å². The van der Waals surface area contributed by atoms with Crippen LogP contribution in [0.4, 0.5) is 0 Å². The zero-order valence-corrected chi connectivity index (χ0v) is 13.4. The highest BCUT2D eigenvalue weighted by molar-refractivity contribution is 6.31. The average Bonchev–Trinajstić information content (AvgIpc) is 2.51. The first-order valence-corrected chi connectivity index (χ1v) is 7.82. The molecule has 0 saturated carbocycles. The highest BCUT2D eigenvalue weighted by Gasteiger charge is 2.13. The summed E-state index contributed by atoms with van der Waals surface area (Å²) in [6.07, 6.45) is 2.57. The van der Waals surface area contributed by atoms with Crippen LogP contribution < -0.4 is 10.5 Å². The van der Waals surface area contributed by atoms with Crippen LogP contribution in [0.3, 0.4) is 0 Å². The predicted molar refractivity (Wildman–Crippen MR) is 89.3 cm³/mol. The number of para-hydroxylation sites is 1. The Bertz CT molecular complexity index is 598. The molecular formula is C18H22ClNO. The summed E-state index contributed by atoms with van der Waals surface area (Å²) < 4.78 is 6.12. The van der Waals surface area contributed by atoms with Gasteiger partial charge >= 0.3 is 0 Å². The van der Waals surface area contributed by atoms with Crippen LogP contribution in [-0.2, 0) is 12.8 Å². The Kier molecular flexibility index (Phi) is 5.66. The Labute approximate surface area is 131 Å². The standard InChI is InChI=1S/C18H22ClNO/c1-3-13-8-5-6-10-17(13)21-18-11-7-9-16(19)15(18)12-14(20)4-2/h5-11,14H,3-4,12,20H2,1-2H3. The average molecular weight is 304 g/mol. The van der Waals surface area contributed by atoms with Crippen molar-refractivity contribution in [2.75, 3.05) is 0 Å². The molecule has 0 aliphatic carbocycles. The van der Waals surface area contributed by atoms with Gasteiger partial charge in [0.2, 0.25) is 0 Å². The molecule has 0 bridgehead atoms. The minimum atomic E-state index is 0.0914. The van der Waals surface area contributed by atoms with Gasteiger partial charge < -0.3 is 10.5 Å². The molecule has 3 heteroatoms. The molecule has 0 amide bonds. The van der Waals surface area contributed by atoms with Gasteiger partial charge in [0.1, 0.15) is 11.5 Å². The molecule has 1 unspecified atom stereocenters. The third-order valence-electron chi connectivity index (χ3n) is 3.64. The van der Waals surface area contributed by atoms with E-state index in [1.54, 1.807) is 0 Å². The zero-order valence-electron chi connectivity index (χ0n) is 12.6. The Morgan fingerprint density at radius 1 is 1.05 bits per heavy atom. The first-order chi connectivity index (χ1) is 10.2. The SMILES string of the molecule is CCc1ccccc1Oc1cccc(Cl)c1CC(N)CC. The van der Waals surface area contributed by atoms with Gasteiger partial charge in [-0.25, -0.2) is 0 Å². The van der Waals surface area contributed by atoms with Crippen LogP contribution >= 0.6 is 11.6 Å². The van der Waals surface area contributed by atoms with Crippen molar-refractivity contribution >= 4 is 11.6 Å². The van der Waals surface area contributed by atoms with Crippen molar-refractivity contribution in [2.24, 2.45) is 5.73 Å². The van der Waals surface area contributed by atoms with Crippen LogP contribution in [0.15, 0.2) is 42.5 Å². The number of aryl methyl sites for hydroxylation is 1. The molecule has 112 valence electrons. The van der Waals surface area contributed by atoms with Gasteiger partial charge in [0.05, 0.1) is 0 Å². The lowest BCUT2D eigenvalue weighted by Crippen LogP contribution is -2.21. The van der Waals surface area contributed by atoms with Gasteiger partial charge in [-0.05, 0) is 43.0 Å². The third kappa shape index (κ3) is 3.99. The molecule has 2 N–H and O–H groups in total. The molecule has 0 spiro atoms. The summed E-state index contributed by atoms with van der Waals surface area (Å²) in [6.45, 7) is 4.20. The quantitative estimate of drug-likeness (QED) is 0.817. The monoisotopic (exact) mass is 303 g/mol. The third-order valence-corrected chi connectivity index (χ3v) is 3.99. The van der Waals surface area contributed by atoms with Crippen molar-refractivity contribution in [2.45, 2.75) is 39.2 Å². The van der Waals surface area contributed by atoms with E-state index in [2.05, 4.69) is 19.9 Å². The number of hydrogen-bond donors (Lipinski definition) is 1. The molecule has 0 fully saturated rings. The van der Waals surface area contributed by atoms with Crippen molar-refractivity contribution in [3.8, 4) is 11.5 Å². The maximum atomic E-state index is 6.33. The van der Waals surface area contributed by atoms with Crippen molar-refractivity contribution in [1.82, 2.24) is 0 Å². The molecule has 2 aromatic carbocycles. The molecule has 2 rings (SSSR count). The number of ether oxygens (including phenoxy) is 1. The fourth-order valence-electron chi connectivity index (χ4n) is 2.25. The highest BCUT2D eigenvalue weighted by atomic mass is 35.5. The molecule has 0 saturated heterocycles. The Hall–Kier alpha value is -1.51. The summed E-state index contributed by atoms with van der Waals surface area (Å²) >= 11 is 6.33. The summed E-state index contributed by atoms with van der Waals surface area (Å²) in [5.74, 6) is 1.68. The normalized spacial score (nSPS) is 12.2. The lowest BCUT2D eigenvalue weighted by molar-refractivity contribution is 0.467. The molecule has 1 atom stereocenters. The smallest absolute Gasteiger partial charge is 0.132 e. The van der Waals surface area contributed by atoms with Gasteiger partial charge in [0, 0.05) is 16.6 Å². The Morgan fingerprint density at radius 2 is 1.76 bits per heavy atom. The summed E-state index contributed by atoms with van der Waals surface area (Å²) in [4.78, 5) is 0. The Balaban J connectivity index is 2.33. The van der Waals surface area contributed by atoms with Crippen molar-refractivity contribution < 1.29 is 4.74 Å². The van der Waals surface area contributed by atoms with Crippen molar-refractivity contribution in [3.05, 3.63) is 58.6 Å². The van der Waals surface area contributed by atoms with Gasteiger partial charge in [-0.3, -0.25) is 0 Å². The number of nitrogens with two attached hydrogens (primary N) is 1. The number of hydrogen-bond acceptors (Lipinski definition) is 2. The summed E-state index contributed by atoms with van der Waals surface area (Å²) in [5, 5.41) is 0.713. The van der Waals surface area contributed by atoms with Crippen LogP contribution in [0.25, 0.3) is 0 Å². The molecule has 0 radical (unpaired) electrons. The fraction of sp³-hybridized carbons (Fsp3) is 0.333. The van der Waals surface area contributed by atoms with Crippen molar-refractivity contribution in [1.29, 1.82) is 0 Å². The van der Waals surface area contributed by atoms with Gasteiger partial charge in [-0.1, -0.05) is 49.7 Å². The van der Waals surface area contributed by atoms with E-state index in [1.807, 2.05) is 36.4 Å². The zero-order chi connectivity index (χ0) is 15.2. The first-order valence-electron chi connectivity index (χ1n) is 7.44. The van der Waals surface area contributed by atoms with Gasteiger partial charge in [0.25, 0.3) is 0 Å². The second kappa shape index (κ2) is 7.48. The lowest BCUT2D eigenvalue weighted by atomic mass is 10.0. The van der Waals surface area contributed by atoms with Crippen LogP contribution in [0.2, 0.25) is 5.02 Å². The second-order valence-corrected chi connectivity index (χ2v) is 5.56. The fourth-order valence-corrected chi connectivity index (χ4v) is 2.50. The second-order valence-electron chi connectivity index (χ2n) is 5.15. The molecule has 0 heterocycles. The molecule has 0 aliphatic heterocycles. The first kappa shape index (κ1) is 15.9. The van der Waals surface area contributed by atoms with Crippen LogP contribution in [0.1, 0.15) is 31.4 Å². The molecule has 21 heavy (non-hydrogen) atoms. The lowest BCUT2D eigenvalue weighted by Gasteiger charge is -2.17. The molecule has 2 aromatic rings. The van der Waals surface area contributed by atoms with Crippen LogP contribution in [0.5, 0.6) is 11.5 Å². The highest BCUT2D eigenvalue weighted by Crippen LogP contribution is 2.33. The van der Waals surface area contributed by atoms with Crippen molar-refractivity contribution in [3.63, 3.8) is 0 Å². The predicted octanol–water partition coefficient (Wildman–Crippen LogP) is 4.97. The van der Waals surface area contributed by atoms with E-state index in [4.69, 9.17) is 22.1 Å². The largest absolute Gasteiger partial charge is 0.457 e. The van der Waals surface area contributed by atoms with E-state index in [9.17, 15) is 0 Å². The van der Waals surface area contributed by atoms with E-state index in [0.717, 1.165) is 36.3 Å². The van der Waals surface area contributed by atoms with E-state index in [0.29, 0.717) is 5.02 Å². The number of benzene rings is 2. The summed E-state index contributed by atoms with van der Waals surface area (Å²) in [7, 11) is 0. The summed E-state index contributed by atoms with van der Waals surface area (Å²) in [6, 6.07) is 13.9. The molecular weight excluding hydrogens is 282 g/mol. The molecule has 0 aromatic heterocycles. The minimum absolute atomic E-state index is 0.0914. The van der Waals surface area contributed by atoms with Crippen LogP contribution in [0, 0.1) is 0 Å². The summed E-state index contributed by atoms with van der Waals surface area (Å²) in [5.41, 5.74) is 8.25. The maximum absolute atomic E-state index is 6.33. The van der Waals surface area contributed by atoms with E-state index in [-0.39, 0.29) is 6.04 Å². The topological polar surface area (TPSA) is 35.2 Å². The molecule has 2 nitrogen and oxygen atoms in total. The van der Waals surface area contributed by atoms with E-state index in [1.165, 1.54) is 5.56 Å². The van der Waals surface area contributed by atoms with Crippen LogP contribution in [-0.4, -0.2) is 6.04 Å². The van der Waals surface area contributed by atoms with E-state index < -0.39 is 0 Å². The maximum Gasteiger partial charge on any atom is 0.132 e. The minimum Gasteiger partial charge on any atom is -0.457 e. The van der Waals surface area contributed by atoms with Gasteiger partial charge in [-0.2, -0.15) is 0 Å².